The van der Waals surface area contributed by atoms with E-state index in [-0.39, 0.29) is 10.8 Å². The molecule has 0 aliphatic carbocycles. The lowest BCUT2D eigenvalue weighted by molar-refractivity contribution is 0.590. The molecule has 4 aromatic heterocycles. The minimum absolute atomic E-state index is 0.0112. The maximum atomic E-state index is 4.05. The molecule has 6 heteroatoms. The Labute approximate surface area is 373 Å². The van der Waals surface area contributed by atoms with Crippen molar-refractivity contribution in [1.82, 2.24) is 4.57 Å². The van der Waals surface area contributed by atoms with Gasteiger partial charge < -0.3 is 9.88 Å². The summed E-state index contributed by atoms with van der Waals surface area (Å²) in [5, 5.41) is 14.8. The lowest BCUT2D eigenvalue weighted by Gasteiger charge is -2.25. The average Bonchev–Trinajstić information content (AvgIpc) is 4.02. The Kier molecular flexibility index (Phi) is 7.59. The molecule has 13 rings (SSSR count). The van der Waals surface area contributed by atoms with Gasteiger partial charge in [0.2, 0.25) is 0 Å². The van der Waals surface area contributed by atoms with E-state index in [2.05, 4.69) is 191 Å². The van der Waals surface area contributed by atoms with Crippen LogP contribution in [0.25, 0.3) is 99.1 Å². The van der Waals surface area contributed by atoms with Crippen LogP contribution in [-0.2, 0) is 10.8 Å². The smallest absolute Gasteiger partial charge is 0.198 e. The Morgan fingerprint density at radius 1 is 0.500 bits per heavy atom. The summed E-state index contributed by atoms with van der Waals surface area (Å²) in [5.41, 5.74) is 14.3. The van der Waals surface area contributed by atoms with Crippen molar-refractivity contribution in [2.24, 2.45) is 0 Å². The molecule has 0 spiro atoms. The zero-order valence-electron chi connectivity index (χ0n) is 35.7. The predicted octanol–water partition coefficient (Wildman–Crippen LogP) is 15.6. The van der Waals surface area contributed by atoms with Crippen molar-refractivity contribution in [1.29, 1.82) is 0 Å². The van der Waals surface area contributed by atoms with Gasteiger partial charge in [0, 0.05) is 88.5 Å². The van der Waals surface area contributed by atoms with Crippen molar-refractivity contribution >= 4 is 146 Å². The summed E-state index contributed by atoms with van der Waals surface area (Å²) in [6, 6.07) is 53.4. The number of hydrogen-bond acceptors (Lipinski definition) is 4. The Balaban J connectivity index is 1.20. The molecule has 1 aliphatic rings. The minimum atomic E-state index is 0.0112. The van der Waals surface area contributed by atoms with Gasteiger partial charge in [0.1, 0.15) is 0 Å². The molecule has 12 aromatic rings. The number of hydrogen-bond donors (Lipinski definition) is 1. The average molecular weight is 851 g/mol. The second-order valence-electron chi connectivity index (χ2n) is 19.4. The minimum Gasteiger partial charge on any atom is -0.355 e. The summed E-state index contributed by atoms with van der Waals surface area (Å²) in [5.74, 6) is 0. The van der Waals surface area contributed by atoms with Crippen LogP contribution in [0.3, 0.4) is 0 Å². The fourth-order valence-electron chi connectivity index (χ4n) is 10.4. The van der Waals surface area contributed by atoms with E-state index in [1.807, 2.05) is 34.0 Å². The first-order chi connectivity index (χ1) is 30.0. The molecule has 8 aromatic carbocycles. The fourth-order valence-corrected chi connectivity index (χ4v) is 13.9. The van der Waals surface area contributed by atoms with E-state index in [9.17, 15) is 0 Å². The van der Waals surface area contributed by atoms with Gasteiger partial charge >= 0.3 is 0 Å². The molecule has 62 heavy (non-hydrogen) atoms. The van der Waals surface area contributed by atoms with Gasteiger partial charge in [-0.3, -0.25) is 0 Å². The van der Waals surface area contributed by atoms with E-state index < -0.39 is 0 Å². The predicted molar refractivity (Wildman–Crippen MR) is 278 cm³/mol. The van der Waals surface area contributed by atoms with Crippen LogP contribution >= 0.6 is 34.0 Å². The highest BCUT2D eigenvalue weighted by atomic mass is 32.1. The van der Waals surface area contributed by atoms with Gasteiger partial charge in [-0.05, 0) is 99.0 Å². The van der Waals surface area contributed by atoms with Crippen molar-refractivity contribution in [2.75, 3.05) is 5.32 Å². The Hall–Kier alpha value is -5.92. The van der Waals surface area contributed by atoms with E-state index in [1.165, 1.54) is 121 Å². The largest absolute Gasteiger partial charge is 0.355 e. The summed E-state index contributed by atoms with van der Waals surface area (Å²) in [6.45, 7) is 13.9. The molecule has 5 heterocycles. The van der Waals surface area contributed by atoms with Gasteiger partial charge in [0.05, 0.1) is 11.0 Å². The van der Waals surface area contributed by atoms with Crippen LogP contribution in [0.1, 0.15) is 52.7 Å². The van der Waals surface area contributed by atoms with Crippen LogP contribution in [0.4, 0.5) is 11.4 Å². The third-order valence-corrected chi connectivity index (χ3v) is 17.0. The summed E-state index contributed by atoms with van der Waals surface area (Å²) >= 11 is 5.78. The molecule has 1 aliphatic heterocycles. The van der Waals surface area contributed by atoms with Crippen molar-refractivity contribution in [3.63, 3.8) is 0 Å². The monoisotopic (exact) mass is 850 g/mol. The Bertz CT molecular complexity index is 3880. The summed E-state index contributed by atoms with van der Waals surface area (Å²) in [7, 11) is 0.841. The first-order valence-electron chi connectivity index (χ1n) is 21.7. The van der Waals surface area contributed by atoms with Crippen molar-refractivity contribution in [2.45, 2.75) is 52.4 Å². The van der Waals surface area contributed by atoms with Crippen molar-refractivity contribution in [3.05, 3.63) is 151 Å². The second kappa shape index (κ2) is 12.8. The Morgan fingerprint density at radius 2 is 1.10 bits per heavy atom. The summed E-state index contributed by atoms with van der Waals surface area (Å²) in [6.07, 6.45) is 0. The molecule has 0 unspecified atom stereocenters. The van der Waals surface area contributed by atoms with Crippen LogP contribution in [-0.4, -0.2) is 11.8 Å². The zero-order chi connectivity index (χ0) is 41.8. The maximum Gasteiger partial charge on any atom is 0.198 e. The van der Waals surface area contributed by atoms with Crippen molar-refractivity contribution < 1.29 is 0 Å². The molecule has 298 valence electrons. The van der Waals surface area contributed by atoms with Crippen LogP contribution in [0.5, 0.6) is 0 Å². The zero-order valence-corrected chi connectivity index (χ0v) is 38.1. The van der Waals surface area contributed by atoms with E-state index in [1.54, 1.807) is 0 Å². The number of benzene rings is 8. The highest BCUT2D eigenvalue weighted by Gasteiger charge is 2.32. The summed E-state index contributed by atoms with van der Waals surface area (Å²) in [4.78, 5) is 0. The van der Waals surface area contributed by atoms with Gasteiger partial charge in [0.15, 0.2) is 7.28 Å². The number of thiophene rings is 3. The first kappa shape index (κ1) is 36.7. The number of aromatic nitrogens is 1. The summed E-state index contributed by atoms with van der Waals surface area (Å²) < 4.78 is 10.7. The normalized spacial score (nSPS) is 13.1. The van der Waals surface area contributed by atoms with Crippen LogP contribution < -0.4 is 16.2 Å². The molecule has 0 atom stereocenters. The number of rotatable bonds is 3. The van der Waals surface area contributed by atoms with Gasteiger partial charge in [0.25, 0.3) is 0 Å². The molecule has 0 radical (unpaired) electrons. The van der Waals surface area contributed by atoms with Gasteiger partial charge in [-0.15, -0.1) is 34.0 Å². The van der Waals surface area contributed by atoms with Crippen LogP contribution in [0.2, 0.25) is 0 Å². The van der Waals surface area contributed by atoms with Gasteiger partial charge in [-0.2, -0.15) is 0 Å². The highest BCUT2D eigenvalue weighted by molar-refractivity contribution is 7.27. The van der Waals surface area contributed by atoms with Gasteiger partial charge in [-0.1, -0.05) is 126 Å². The molecular weight excluding hydrogens is 808 g/mol. The van der Waals surface area contributed by atoms with Crippen LogP contribution in [0, 0.1) is 0 Å². The Morgan fingerprint density at radius 3 is 1.77 bits per heavy atom. The number of fused-ring (bicyclic) bond motifs is 15. The molecule has 0 fully saturated rings. The quantitative estimate of drug-likeness (QED) is 0.175. The number of anilines is 2. The lowest BCUT2D eigenvalue weighted by atomic mass is 9.58. The van der Waals surface area contributed by atoms with Gasteiger partial charge in [-0.25, -0.2) is 0 Å². The van der Waals surface area contributed by atoms with Crippen molar-refractivity contribution in [3.8, 4) is 16.8 Å². The van der Waals surface area contributed by atoms with E-state index >= 15 is 0 Å². The van der Waals surface area contributed by atoms with E-state index in [0.717, 1.165) is 18.7 Å². The molecule has 0 amide bonds. The van der Waals surface area contributed by atoms with E-state index in [0.29, 0.717) is 0 Å². The molecule has 0 bridgehead atoms. The molecular formula is C56H43BN2S3. The first-order valence-corrected chi connectivity index (χ1v) is 24.2. The molecule has 1 N–H and O–H groups in total. The third-order valence-electron chi connectivity index (χ3n) is 13.5. The standard InChI is InChI=1S/C56H43BN2S3/c1-55(2,3)30-19-22-32(23-20-30)58-41-27-37-34-14-8-11-17-45(34)60-47(37)28-38(41)49-50-35-15-9-12-18-46(35)62-54(50)51-39-25-31(56(4,5)6)21-24-42(39)59-43-29-48-36(26-40(43)57-52(49)53(51)59)33-13-7-10-16-44(33)61-48/h7-29,57-58H,1-6H3. The molecule has 2 nitrogen and oxygen atoms in total. The second-order valence-corrected chi connectivity index (χ2v) is 22.6. The molecule has 0 saturated carbocycles. The third kappa shape index (κ3) is 5.27. The topological polar surface area (TPSA) is 17.0 Å². The van der Waals surface area contributed by atoms with E-state index in [4.69, 9.17) is 0 Å². The number of nitrogens with one attached hydrogen (secondary N) is 1. The highest BCUT2D eigenvalue weighted by Crippen LogP contribution is 2.51. The lowest BCUT2D eigenvalue weighted by Crippen LogP contribution is -2.37. The SMILES string of the molecule is CC(C)(C)c1ccc(Nc2cc3c(cc2-c2c4c5c(c6cc(C(C)(C)C)ccc6n5-c5cc6sc7ccccc7c6cc5B4)c4sc5ccccc5c24)sc2ccccc23)cc1. The fraction of sp³-hybridized carbons (Fsp3) is 0.143. The number of nitrogens with zero attached hydrogens (tertiary/aromatic N) is 1. The maximum absolute atomic E-state index is 4.05. The van der Waals surface area contributed by atoms with Crippen LogP contribution in [0.15, 0.2) is 140 Å². The molecule has 0 saturated heterocycles.